The third-order valence-electron chi connectivity index (χ3n) is 10.0. The Morgan fingerprint density at radius 3 is 1.50 bits per heavy atom. The Balaban J connectivity index is 1.35. The maximum Gasteiger partial charge on any atom is 0.433 e. The highest BCUT2D eigenvalue weighted by molar-refractivity contribution is 5.65. The van der Waals surface area contributed by atoms with Crippen molar-refractivity contribution in [1.29, 1.82) is 0 Å². The number of rotatable bonds is 14. The van der Waals surface area contributed by atoms with Crippen LogP contribution < -0.4 is 0 Å². The van der Waals surface area contributed by atoms with Crippen LogP contribution in [0.4, 0.5) is 17.6 Å². The molecule has 6 rings (SSSR count). The summed E-state index contributed by atoms with van der Waals surface area (Å²) in [7, 11) is 0. The third-order valence-corrected chi connectivity index (χ3v) is 10.0. The van der Waals surface area contributed by atoms with Crippen molar-refractivity contribution < 1.29 is 17.6 Å². The minimum absolute atomic E-state index is 0.179. The minimum Gasteiger partial charge on any atom is -0.251 e. The molecule has 0 spiro atoms. The Bertz CT molecular complexity index is 1980. The normalized spacial score (nSPS) is 12.8. The second-order valence-electron chi connectivity index (χ2n) is 13.6. The van der Waals surface area contributed by atoms with Crippen LogP contribution in [0, 0.1) is 5.95 Å². The smallest absolute Gasteiger partial charge is 0.251 e. The maximum absolute atomic E-state index is 13.9. The van der Waals surface area contributed by atoms with Gasteiger partial charge in [0.05, 0.1) is 0 Å². The van der Waals surface area contributed by atoms with Crippen LogP contribution in [0.15, 0.2) is 134 Å². The summed E-state index contributed by atoms with van der Waals surface area (Å²) < 4.78 is 54.7. The van der Waals surface area contributed by atoms with E-state index in [-0.39, 0.29) is 11.8 Å². The first-order chi connectivity index (χ1) is 25.2. The number of aromatic nitrogens is 2. The minimum atomic E-state index is -4.54. The zero-order chi connectivity index (χ0) is 36.5. The van der Waals surface area contributed by atoms with E-state index >= 15 is 0 Å². The van der Waals surface area contributed by atoms with Gasteiger partial charge in [-0.2, -0.15) is 17.6 Å². The molecule has 6 heteroatoms. The van der Waals surface area contributed by atoms with Crippen molar-refractivity contribution in [2.24, 2.45) is 0 Å². The summed E-state index contributed by atoms with van der Waals surface area (Å²) in [6.45, 7) is 4.34. The van der Waals surface area contributed by atoms with E-state index in [9.17, 15) is 17.6 Å². The van der Waals surface area contributed by atoms with E-state index in [2.05, 4.69) is 121 Å². The quantitative estimate of drug-likeness (QED) is 0.0642. The van der Waals surface area contributed by atoms with Gasteiger partial charge >= 0.3 is 6.18 Å². The first-order valence-corrected chi connectivity index (χ1v) is 18.2. The lowest BCUT2D eigenvalue weighted by Gasteiger charge is -2.29. The molecule has 6 aromatic rings. The van der Waals surface area contributed by atoms with Gasteiger partial charge in [0, 0.05) is 12.4 Å². The number of alkyl halides is 3. The molecule has 0 bridgehead atoms. The Hall–Kier alpha value is -5.10. The first-order valence-electron chi connectivity index (χ1n) is 18.2. The second-order valence-corrected chi connectivity index (χ2v) is 13.6. The molecule has 2 unspecified atom stereocenters. The molecule has 0 amide bonds. The summed E-state index contributed by atoms with van der Waals surface area (Å²) in [6.07, 6.45) is 5.08. The van der Waals surface area contributed by atoms with E-state index in [1.165, 1.54) is 42.7 Å². The van der Waals surface area contributed by atoms with Gasteiger partial charge in [-0.15, -0.1) is 0 Å². The van der Waals surface area contributed by atoms with Crippen molar-refractivity contribution in [2.45, 2.75) is 76.8 Å². The summed E-state index contributed by atoms with van der Waals surface area (Å²) in [5, 5.41) is 0. The molecule has 0 radical (unpaired) electrons. The molecule has 0 aliphatic carbocycles. The molecule has 2 heterocycles. The number of aryl methyl sites for hydroxylation is 2. The number of pyridine rings is 2. The van der Waals surface area contributed by atoms with E-state index in [1.54, 1.807) is 18.3 Å². The average Bonchev–Trinajstić information content (AvgIpc) is 3.17. The number of halogens is 4. The molecule has 0 aliphatic heterocycles. The van der Waals surface area contributed by atoms with Gasteiger partial charge in [-0.05, 0) is 112 Å². The van der Waals surface area contributed by atoms with Crippen molar-refractivity contribution >= 4 is 0 Å². The van der Waals surface area contributed by atoms with E-state index in [0.29, 0.717) is 18.4 Å². The van der Waals surface area contributed by atoms with E-state index < -0.39 is 17.8 Å². The average molecular weight is 701 g/mol. The zero-order valence-electron chi connectivity index (χ0n) is 29.7. The Kier molecular flexibility index (Phi) is 12.0. The highest BCUT2D eigenvalue weighted by Crippen LogP contribution is 2.40. The number of benzene rings is 4. The molecule has 2 nitrogen and oxygen atoms in total. The molecule has 0 aliphatic rings. The predicted octanol–water partition coefficient (Wildman–Crippen LogP) is 12.6. The Labute approximate surface area is 304 Å². The van der Waals surface area contributed by atoms with Gasteiger partial charge in [0.1, 0.15) is 5.69 Å². The lowest BCUT2D eigenvalue weighted by atomic mass is 9.75. The summed E-state index contributed by atoms with van der Waals surface area (Å²) in [5.74, 6) is -0.987. The van der Waals surface area contributed by atoms with Gasteiger partial charge in [0.2, 0.25) is 5.95 Å². The third kappa shape index (κ3) is 9.41. The summed E-state index contributed by atoms with van der Waals surface area (Å²) >= 11 is 0. The fourth-order valence-electron chi connectivity index (χ4n) is 6.94. The Morgan fingerprint density at radius 1 is 0.500 bits per heavy atom. The molecule has 4 aromatic carbocycles. The molecule has 266 valence electrons. The van der Waals surface area contributed by atoms with Crippen LogP contribution in [0.3, 0.4) is 0 Å². The van der Waals surface area contributed by atoms with Crippen molar-refractivity contribution in [3.05, 3.63) is 179 Å². The van der Waals surface area contributed by atoms with Gasteiger partial charge < -0.3 is 0 Å². The first kappa shape index (κ1) is 36.7. The number of unbranched alkanes of at least 4 members (excludes halogenated alkanes) is 2. The van der Waals surface area contributed by atoms with Crippen molar-refractivity contribution in [3.8, 4) is 22.3 Å². The lowest BCUT2D eigenvalue weighted by molar-refractivity contribution is -0.141. The van der Waals surface area contributed by atoms with Gasteiger partial charge in [0.15, 0.2) is 0 Å². The van der Waals surface area contributed by atoms with Crippen LogP contribution in [0.25, 0.3) is 22.3 Å². The van der Waals surface area contributed by atoms with Crippen LogP contribution in [0.1, 0.15) is 84.0 Å². The molecular weight excluding hydrogens is 657 g/mol. The van der Waals surface area contributed by atoms with E-state index in [1.807, 2.05) is 0 Å². The fourth-order valence-corrected chi connectivity index (χ4v) is 6.94. The fraction of sp³-hybridized carbons (Fsp3) is 0.261. The van der Waals surface area contributed by atoms with E-state index in [0.717, 1.165) is 57.9 Å². The largest absolute Gasteiger partial charge is 0.433 e. The summed E-state index contributed by atoms with van der Waals surface area (Å²) in [4.78, 5) is 7.78. The molecule has 0 saturated carbocycles. The van der Waals surface area contributed by atoms with Crippen LogP contribution in [0.2, 0.25) is 0 Å². The van der Waals surface area contributed by atoms with Crippen molar-refractivity contribution in [1.82, 2.24) is 9.97 Å². The maximum atomic E-state index is 13.9. The number of hydrogen-bond donors (Lipinski definition) is 0. The molecule has 0 saturated heterocycles. The monoisotopic (exact) mass is 700 g/mol. The predicted molar refractivity (Wildman–Crippen MR) is 203 cm³/mol. The van der Waals surface area contributed by atoms with E-state index in [4.69, 9.17) is 0 Å². The highest BCUT2D eigenvalue weighted by atomic mass is 19.4. The van der Waals surface area contributed by atoms with Gasteiger partial charge in [-0.1, -0.05) is 136 Å². The Morgan fingerprint density at radius 2 is 1.00 bits per heavy atom. The van der Waals surface area contributed by atoms with Crippen molar-refractivity contribution in [3.63, 3.8) is 0 Å². The molecular formula is C46H44F4N2. The molecule has 0 N–H and O–H groups in total. The molecule has 2 aromatic heterocycles. The van der Waals surface area contributed by atoms with Crippen LogP contribution in [-0.2, 0) is 31.9 Å². The SMILES string of the molecule is CCCCCc1ccc(-c2ccc(C(Cc3ccc(F)nc3)C(Cc3ccc(-c4ccc(CC)cc4)cc3)c3ccc(C(F)(F)F)nc3)cc2)cc1. The van der Waals surface area contributed by atoms with Gasteiger partial charge in [-0.25, -0.2) is 4.98 Å². The highest BCUT2D eigenvalue weighted by Gasteiger charge is 2.33. The zero-order valence-corrected chi connectivity index (χ0v) is 29.7. The number of hydrogen-bond acceptors (Lipinski definition) is 2. The van der Waals surface area contributed by atoms with Gasteiger partial charge in [0.25, 0.3) is 0 Å². The molecule has 52 heavy (non-hydrogen) atoms. The molecule has 2 atom stereocenters. The van der Waals surface area contributed by atoms with Crippen LogP contribution in [0.5, 0.6) is 0 Å². The molecule has 0 fully saturated rings. The summed E-state index contributed by atoms with van der Waals surface area (Å²) in [6, 6.07) is 39.8. The summed E-state index contributed by atoms with van der Waals surface area (Å²) in [5.41, 5.74) is 9.74. The van der Waals surface area contributed by atoms with Gasteiger partial charge in [-0.3, -0.25) is 4.98 Å². The van der Waals surface area contributed by atoms with Crippen molar-refractivity contribution in [2.75, 3.05) is 0 Å². The second kappa shape index (κ2) is 16.9. The van der Waals surface area contributed by atoms with Crippen LogP contribution in [-0.4, -0.2) is 9.97 Å². The number of nitrogens with zero attached hydrogens (tertiary/aromatic N) is 2. The topological polar surface area (TPSA) is 25.8 Å². The van der Waals surface area contributed by atoms with Crippen LogP contribution >= 0.6 is 0 Å². The lowest BCUT2D eigenvalue weighted by Crippen LogP contribution is -2.18. The standard InChI is InChI=1S/C46H44F4N2/c1-3-5-6-7-33-10-17-37(18-11-33)39-21-23-40(24-22-39)42(29-35-14-27-45(47)52-30-35)43(41-25-26-44(51-31-41)46(48,49)50)28-34-12-19-38(20-13-34)36-15-8-32(4-2)9-16-36/h8-27,30-31,42-43H,3-7,28-29H2,1-2H3.